The first-order valence-electron chi connectivity index (χ1n) is 8.03. The number of carbonyl (C=O) groups is 1. The molecule has 1 aromatic carbocycles. The monoisotopic (exact) mass is 288 g/mol. The highest BCUT2D eigenvalue weighted by molar-refractivity contribution is 5.85. The lowest BCUT2D eigenvalue weighted by molar-refractivity contribution is -0.137. The van der Waals surface area contributed by atoms with Crippen LogP contribution >= 0.6 is 0 Å². The van der Waals surface area contributed by atoms with Gasteiger partial charge in [-0.05, 0) is 44.7 Å². The molecular formula is C17H24N2O2. The summed E-state index contributed by atoms with van der Waals surface area (Å²) in [5.41, 5.74) is 6.77. The third-order valence-electron chi connectivity index (χ3n) is 4.67. The first-order chi connectivity index (χ1) is 10.3. The van der Waals surface area contributed by atoms with Crippen LogP contribution in [0.1, 0.15) is 43.6 Å². The Morgan fingerprint density at radius 1 is 1.29 bits per heavy atom. The zero-order valence-electron chi connectivity index (χ0n) is 12.5. The van der Waals surface area contributed by atoms with Crippen LogP contribution < -0.4 is 10.5 Å². The molecule has 0 saturated carbocycles. The Labute approximate surface area is 126 Å². The van der Waals surface area contributed by atoms with Crippen molar-refractivity contribution in [1.29, 1.82) is 0 Å². The van der Waals surface area contributed by atoms with Crippen LogP contribution in [-0.4, -0.2) is 36.5 Å². The highest BCUT2D eigenvalue weighted by Gasteiger charge is 2.34. The van der Waals surface area contributed by atoms with Crippen LogP contribution in [0.2, 0.25) is 0 Å². The molecule has 1 aromatic rings. The summed E-state index contributed by atoms with van der Waals surface area (Å²) in [4.78, 5) is 15.1. The van der Waals surface area contributed by atoms with Gasteiger partial charge in [0.2, 0.25) is 5.91 Å². The predicted octanol–water partition coefficient (Wildman–Crippen LogP) is 2.28. The van der Waals surface area contributed by atoms with E-state index in [4.69, 9.17) is 10.5 Å². The third kappa shape index (κ3) is 2.91. The van der Waals surface area contributed by atoms with E-state index in [9.17, 15) is 4.79 Å². The van der Waals surface area contributed by atoms with Crippen molar-refractivity contribution in [3.8, 4) is 5.75 Å². The van der Waals surface area contributed by atoms with Crippen molar-refractivity contribution >= 4 is 5.91 Å². The molecule has 0 radical (unpaired) electrons. The number of benzene rings is 1. The number of likely N-dealkylation sites (tertiary alicyclic amines) is 1. The number of nitrogens with two attached hydrogens (primary N) is 1. The molecule has 0 aromatic heterocycles. The van der Waals surface area contributed by atoms with Gasteiger partial charge in [-0.15, -0.1) is 0 Å². The van der Waals surface area contributed by atoms with Gasteiger partial charge in [0.1, 0.15) is 5.75 Å². The minimum atomic E-state index is -0.0478. The minimum absolute atomic E-state index is 0.0478. The van der Waals surface area contributed by atoms with Gasteiger partial charge in [-0.1, -0.05) is 18.2 Å². The smallest absolute Gasteiger partial charge is 0.230 e. The fourth-order valence-electron chi connectivity index (χ4n) is 3.58. The van der Waals surface area contributed by atoms with E-state index in [-0.39, 0.29) is 11.8 Å². The zero-order chi connectivity index (χ0) is 14.7. The number of hydrogen-bond acceptors (Lipinski definition) is 3. The Hall–Kier alpha value is -1.55. The number of amides is 1. The van der Waals surface area contributed by atoms with E-state index in [0.717, 1.165) is 43.5 Å². The maximum absolute atomic E-state index is 13.0. The molecule has 2 heterocycles. The maximum Gasteiger partial charge on any atom is 0.230 e. The van der Waals surface area contributed by atoms with E-state index in [1.54, 1.807) is 0 Å². The summed E-state index contributed by atoms with van der Waals surface area (Å²) in [5, 5.41) is 0. The molecule has 4 heteroatoms. The average Bonchev–Trinajstić information content (AvgIpc) is 2.54. The predicted molar refractivity (Wildman–Crippen MR) is 82.3 cm³/mol. The number of carbonyl (C=O) groups excluding carboxylic acids is 1. The fourth-order valence-corrected chi connectivity index (χ4v) is 3.58. The summed E-state index contributed by atoms with van der Waals surface area (Å²) in [6.07, 6.45) is 5.10. The lowest BCUT2D eigenvalue weighted by Crippen LogP contribution is -2.47. The van der Waals surface area contributed by atoms with Crippen LogP contribution in [0.3, 0.4) is 0 Å². The van der Waals surface area contributed by atoms with Gasteiger partial charge in [0.25, 0.3) is 0 Å². The Bertz CT molecular complexity index is 501. The molecule has 2 aliphatic heterocycles. The molecule has 2 N–H and O–H groups in total. The van der Waals surface area contributed by atoms with Crippen molar-refractivity contribution in [2.24, 2.45) is 5.73 Å². The highest BCUT2D eigenvalue weighted by atomic mass is 16.5. The average molecular weight is 288 g/mol. The SMILES string of the molecule is NCCC1CCCCN1C(=O)C1CCOc2ccccc21. The van der Waals surface area contributed by atoms with Gasteiger partial charge in [0.05, 0.1) is 12.5 Å². The second-order valence-corrected chi connectivity index (χ2v) is 5.99. The summed E-state index contributed by atoms with van der Waals surface area (Å²) in [6, 6.07) is 8.26. The molecule has 114 valence electrons. The first-order valence-corrected chi connectivity index (χ1v) is 8.03. The number of piperidine rings is 1. The molecule has 4 nitrogen and oxygen atoms in total. The molecule has 0 aliphatic carbocycles. The van der Waals surface area contributed by atoms with Gasteiger partial charge in [0.15, 0.2) is 0 Å². The zero-order valence-corrected chi connectivity index (χ0v) is 12.5. The van der Waals surface area contributed by atoms with E-state index < -0.39 is 0 Å². The number of fused-ring (bicyclic) bond motifs is 1. The molecule has 0 spiro atoms. The molecule has 1 fully saturated rings. The topological polar surface area (TPSA) is 55.6 Å². The van der Waals surface area contributed by atoms with Crippen molar-refractivity contribution in [1.82, 2.24) is 4.90 Å². The van der Waals surface area contributed by atoms with Gasteiger partial charge in [-0.2, -0.15) is 0 Å². The normalized spacial score (nSPS) is 25.1. The Morgan fingerprint density at radius 2 is 2.14 bits per heavy atom. The molecule has 1 saturated heterocycles. The molecule has 2 unspecified atom stereocenters. The van der Waals surface area contributed by atoms with Gasteiger partial charge < -0.3 is 15.4 Å². The molecule has 3 rings (SSSR count). The molecular weight excluding hydrogens is 264 g/mol. The van der Waals surface area contributed by atoms with Gasteiger partial charge >= 0.3 is 0 Å². The van der Waals surface area contributed by atoms with E-state index >= 15 is 0 Å². The summed E-state index contributed by atoms with van der Waals surface area (Å²) in [7, 11) is 0. The summed E-state index contributed by atoms with van der Waals surface area (Å²) < 4.78 is 5.67. The lowest BCUT2D eigenvalue weighted by atomic mass is 9.89. The largest absolute Gasteiger partial charge is 0.493 e. The number of hydrogen-bond donors (Lipinski definition) is 1. The molecule has 1 amide bonds. The minimum Gasteiger partial charge on any atom is -0.493 e. The van der Waals surface area contributed by atoms with Crippen molar-refractivity contribution in [2.75, 3.05) is 19.7 Å². The van der Waals surface area contributed by atoms with Crippen molar-refractivity contribution in [3.05, 3.63) is 29.8 Å². The van der Waals surface area contributed by atoms with Crippen molar-refractivity contribution in [2.45, 2.75) is 44.1 Å². The number of ether oxygens (including phenoxy) is 1. The fraction of sp³-hybridized carbons (Fsp3) is 0.588. The first kappa shape index (κ1) is 14.4. The molecule has 21 heavy (non-hydrogen) atoms. The third-order valence-corrected chi connectivity index (χ3v) is 4.67. The van der Waals surface area contributed by atoms with Crippen LogP contribution in [0.5, 0.6) is 5.75 Å². The Kier molecular flexibility index (Phi) is 4.44. The number of rotatable bonds is 3. The highest BCUT2D eigenvalue weighted by Crippen LogP contribution is 2.36. The van der Waals surface area contributed by atoms with Gasteiger partial charge in [-0.3, -0.25) is 4.79 Å². The van der Waals surface area contributed by atoms with E-state index in [0.29, 0.717) is 19.2 Å². The summed E-state index contributed by atoms with van der Waals surface area (Å²) in [6.45, 7) is 2.16. The van der Waals surface area contributed by atoms with E-state index in [1.807, 2.05) is 24.3 Å². The quantitative estimate of drug-likeness (QED) is 0.928. The number of nitrogens with zero attached hydrogens (tertiary/aromatic N) is 1. The molecule has 2 aliphatic rings. The summed E-state index contributed by atoms with van der Waals surface area (Å²) >= 11 is 0. The van der Waals surface area contributed by atoms with Crippen molar-refractivity contribution < 1.29 is 9.53 Å². The van der Waals surface area contributed by atoms with Crippen LogP contribution in [0.4, 0.5) is 0 Å². The van der Waals surface area contributed by atoms with Crippen LogP contribution in [0.15, 0.2) is 24.3 Å². The van der Waals surface area contributed by atoms with Gasteiger partial charge in [0, 0.05) is 18.2 Å². The Balaban J connectivity index is 1.81. The van der Waals surface area contributed by atoms with Crippen LogP contribution in [-0.2, 0) is 4.79 Å². The lowest BCUT2D eigenvalue weighted by Gasteiger charge is -2.39. The Morgan fingerprint density at radius 3 is 3.00 bits per heavy atom. The van der Waals surface area contributed by atoms with Crippen LogP contribution in [0.25, 0.3) is 0 Å². The standard InChI is InChI=1S/C17H24N2O2/c18-10-8-13-5-3-4-11-19(13)17(20)15-9-12-21-16-7-2-1-6-14(15)16/h1-2,6-7,13,15H,3-5,8-12,18H2. The molecule has 2 atom stereocenters. The second kappa shape index (κ2) is 6.48. The van der Waals surface area contributed by atoms with E-state index in [1.165, 1.54) is 6.42 Å². The number of para-hydroxylation sites is 1. The van der Waals surface area contributed by atoms with Crippen molar-refractivity contribution in [3.63, 3.8) is 0 Å². The van der Waals surface area contributed by atoms with Crippen LogP contribution in [0, 0.1) is 0 Å². The van der Waals surface area contributed by atoms with E-state index in [2.05, 4.69) is 4.90 Å². The summed E-state index contributed by atoms with van der Waals surface area (Å²) in [5.74, 6) is 1.09. The van der Waals surface area contributed by atoms with Gasteiger partial charge in [-0.25, -0.2) is 0 Å². The molecule has 0 bridgehead atoms. The second-order valence-electron chi connectivity index (χ2n) is 5.99. The maximum atomic E-state index is 13.0.